The fraction of sp³-hybridized carbons (Fsp3) is 0.214. The average Bonchev–Trinajstić information content (AvgIpc) is 3.29. The lowest BCUT2D eigenvalue weighted by molar-refractivity contribution is 0.174. The van der Waals surface area contributed by atoms with Gasteiger partial charge in [-0.1, -0.05) is 35.4 Å². The maximum atomic E-state index is 12.9. The Labute approximate surface area is 209 Å². The fourth-order valence-electron chi connectivity index (χ4n) is 4.30. The molecule has 0 saturated heterocycles. The van der Waals surface area contributed by atoms with Crippen LogP contribution in [0, 0.1) is 20.8 Å². The maximum Gasteiger partial charge on any atom is 0.253 e. The van der Waals surface area contributed by atoms with Crippen molar-refractivity contribution in [2.75, 3.05) is 12.1 Å². The Morgan fingerprint density at radius 1 is 0.943 bits per heavy atom. The number of hydrogen-bond acceptors (Lipinski definition) is 4. The molecule has 0 radical (unpaired) electrons. The normalized spacial score (nSPS) is 12.1. The number of aromatic nitrogens is 1. The molecule has 1 aliphatic heterocycles. The van der Waals surface area contributed by atoms with Gasteiger partial charge < -0.3 is 24.7 Å². The number of H-pyrrole nitrogens is 1. The van der Waals surface area contributed by atoms with Crippen LogP contribution in [0.4, 0.5) is 5.69 Å². The third-order valence-corrected chi connectivity index (χ3v) is 6.52. The average molecular weight is 486 g/mol. The molecule has 2 heterocycles. The summed E-state index contributed by atoms with van der Waals surface area (Å²) in [5.41, 5.74) is 6.73. The van der Waals surface area contributed by atoms with E-state index in [4.69, 9.17) is 21.7 Å². The zero-order valence-electron chi connectivity index (χ0n) is 20.0. The van der Waals surface area contributed by atoms with Crippen LogP contribution < -0.4 is 20.3 Å². The summed E-state index contributed by atoms with van der Waals surface area (Å²) in [6.07, 6.45) is 0. The van der Waals surface area contributed by atoms with Gasteiger partial charge >= 0.3 is 0 Å². The van der Waals surface area contributed by atoms with Crippen LogP contribution in [0.1, 0.15) is 27.8 Å². The standard InChI is InChI=1S/C28H27N3O3S/c1-17-4-7-23(19(3)10-17)30-28(35)31(14-20-6-9-25-26(12-20)34-16-33-25)15-22-13-21-11-18(2)5-8-24(21)29-27(22)32/h4-13H,14-16H2,1-3H3,(H,29,32)(H,30,35). The molecular formula is C28H27N3O3S. The molecule has 1 aliphatic rings. The number of anilines is 1. The lowest BCUT2D eigenvalue weighted by Gasteiger charge is -2.27. The molecule has 0 fully saturated rings. The summed E-state index contributed by atoms with van der Waals surface area (Å²) in [7, 11) is 0. The Morgan fingerprint density at radius 3 is 2.54 bits per heavy atom. The van der Waals surface area contributed by atoms with E-state index in [1.54, 1.807) is 0 Å². The number of aromatic amines is 1. The Bertz CT molecular complexity index is 1500. The monoisotopic (exact) mass is 485 g/mol. The van der Waals surface area contributed by atoms with E-state index in [1.165, 1.54) is 5.56 Å². The van der Waals surface area contributed by atoms with Crippen molar-refractivity contribution in [3.63, 3.8) is 0 Å². The van der Waals surface area contributed by atoms with Crippen LogP contribution >= 0.6 is 12.2 Å². The van der Waals surface area contributed by atoms with Gasteiger partial charge in [-0.3, -0.25) is 4.79 Å². The topological polar surface area (TPSA) is 66.6 Å². The number of pyridine rings is 1. The number of thiocarbonyl (C=S) groups is 1. The first-order valence-corrected chi connectivity index (χ1v) is 11.9. The van der Waals surface area contributed by atoms with E-state index in [9.17, 15) is 4.79 Å². The van der Waals surface area contributed by atoms with Crippen LogP contribution in [-0.2, 0) is 13.1 Å². The first kappa shape index (κ1) is 22.9. The molecule has 0 aliphatic carbocycles. The fourth-order valence-corrected chi connectivity index (χ4v) is 4.54. The number of ether oxygens (including phenoxy) is 2. The molecule has 0 unspecified atom stereocenters. The molecule has 2 N–H and O–H groups in total. The van der Waals surface area contributed by atoms with Crippen molar-refractivity contribution in [3.05, 3.63) is 98.8 Å². The summed E-state index contributed by atoms with van der Waals surface area (Å²) in [6, 6.07) is 20.0. The lowest BCUT2D eigenvalue weighted by Crippen LogP contribution is -2.35. The van der Waals surface area contributed by atoms with Crippen molar-refractivity contribution in [1.82, 2.24) is 9.88 Å². The molecule has 7 heteroatoms. The van der Waals surface area contributed by atoms with Gasteiger partial charge in [0, 0.05) is 23.3 Å². The Kier molecular flexibility index (Phi) is 6.17. The lowest BCUT2D eigenvalue weighted by atomic mass is 10.1. The minimum Gasteiger partial charge on any atom is -0.454 e. The van der Waals surface area contributed by atoms with Crippen molar-refractivity contribution < 1.29 is 9.47 Å². The van der Waals surface area contributed by atoms with E-state index >= 15 is 0 Å². The van der Waals surface area contributed by atoms with Crippen LogP contribution in [0.25, 0.3) is 10.9 Å². The molecule has 0 saturated carbocycles. The molecule has 178 valence electrons. The maximum absolute atomic E-state index is 12.9. The van der Waals surface area contributed by atoms with Crippen LogP contribution in [0.3, 0.4) is 0 Å². The number of fused-ring (bicyclic) bond motifs is 2. The van der Waals surface area contributed by atoms with Gasteiger partial charge in [-0.25, -0.2) is 0 Å². The van der Waals surface area contributed by atoms with Crippen molar-refractivity contribution >= 4 is 33.9 Å². The van der Waals surface area contributed by atoms with Gasteiger partial charge in [0.1, 0.15) is 0 Å². The number of rotatable bonds is 5. The summed E-state index contributed by atoms with van der Waals surface area (Å²) in [4.78, 5) is 18.0. The van der Waals surface area contributed by atoms with Gasteiger partial charge in [-0.05, 0) is 85.9 Å². The minimum atomic E-state index is -0.119. The predicted octanol–water partition coefficient (Wildman–Crippen LogP) is 5.58. The van der Waals surface area contributed by atoms with Crippen molar-refractivity contribution in [2.45, 2.75) is 33.9 Å². The highest BCUT2D eigenvalue weighted by atomic mass is 32.1. The smallest absolute Gasteiger partial charge is 0.253 e. The Balaban J connectivity index is 1.47. The van der Waals surface area contributed by atoms with Gasteiger partial charge in [0.15, 0.2) is 16.6 Å². The SMILES string of the molecule is Cc1ccc(NC(=S)N(Cc2ccc3c(c2)OCO3)Cc2cc3cc(C)ccc3[nH]c2=O)c(C)c1. The highest BCUT2D eigenvalue weighted by Crippen LogP contribution is 2.33. The zero-order chi connectivity index (χ0) is 24.5. The molecule has 6 nitrogen and oxygen atoms in total. The number of nitrogens with zero attached hydrogens (tertiary/aromatic N) is 1. The summed E-state index contributed by atoms with van der Waals surface area (Å²) in [5.74, 6) is 1.45. The molecule has 0 bridgehead atoms. The zero-order valence-corrected chi connectivity index (χ0v) is 20.8. The van der Waals surface area contributed by atoms with Gasteiger partial charge in [-0.15, -0.1) is 0 Å². The second kappa shape index (κ2) is 9.43. The summed E-state index contributed by atoms with van der Waals surface area (Å²) in [5, 5.41) is 4.92. The molecule has 0 atom stereocenters. The van der Waals surface area contributed by atoms with Gasteiger partial charge in [0.05, 0.1) is 6.54 Å². The van der Waals surface area contributed by atoms with Gasteiger partial charge in [0.2, 0.25) is 6.79 Å². The largest absolute Gasteiger partial charge is 0.454 e. The van der Waals surface area contributed by atoms with Crippen molar-refractivity contribution in [2.24, 2.45) is 0 Å². The summed E-state index contributed by atoms with van der Waals surface area (Å²) < 4.78 is 11.0. The van der Waals surface area contributed by atoms with Crippen LogP contribution in [-0.4, -0.2) is 21.8 Å². The highest BCUT2D eigenvalue weighted by Gasteiger charge is 2.18. The van der Waals surface area contributed by atoms with Gasteiger partial charge in [0.25, 0.3) is 5.56 Å². The third kappa shape index (κ3) is 5.00. The van der Waals surface area contributed by atoms with E-state index < -0.39 is 0 Å². The first-order valence-electron chi connectivity index (χ1n) is 11.5. The predicted molar refractivity (Wildman–Crippen MR) is 143 cm³/mol. The van der Waals surface area contributed by atoms with Gasteiger partial charge in [-0.2, -0.15) is 0 Å². The van der Waals surface area contributed by atoms with Crippen molar-refractivity contribution in [3.8, 4) is 11.5 Å². The molecule has 3 aromatic carbocycles. The van der Waals surface area contributed by atoms with Crippen LogP contribution in [0.2, 0.25) is 0 Å². The van der Waals surface area contributed by atoms with E-state index in [-0.39, 0.29) is 12.4 Å². The molecule has 1 aromatic heterocycles. The van der Waals surface area contributed by atoms with E-state index in [2.05, 4.69) is 42.3 Å². The Hall–Kier alpha value is -3.84. The number of hydrogen-bond donors (Lipinski definition) is 2. The highest BCUT2D eigenvalue weighted by molar-refractivity contribution is 7.80. The minimum absolute atomic E-state index is 0.119. The van der Waals surface area contributed by atoms with Crippen LogP contribution in [0.5, 0.6) is 11.5 Å². The Morgan fingerprint density at radius 2 is 1.71 bits per heavy atom. The second-order valence-corrected chi connectivity index (χ2v) is 9.39. The molecule has 0 amide bonds. The number of aryl methyl sites for hydroxylation is 3. The third-order valence-electron chi connectivity index (χ3n) is 6.16. The number of nitrogens with one attached hydrogen (secondary N) is 2. The van der Waals surface area contributed by atoms with E-state index in [0.717, 1.165) is 44.8 Å². The number of benzene rings is 3. The first-order chi connectivity index (χ1) is 16.9. The van der Waals surface area contributed by atoms with Crippen LogP contribution in [0.15, 0.2) is 65.5 Å². The quantitative estimate of drug-likeness (QED) is 0.360. The molecule has 0 spiro atoms. The molecule has 4 aromatic rings. The molecule has 35 heavy (non-hydrogen) atoms. The van der Waals surface area contributed by atoms with Crippen molar-refractivity contribution in [1.29, 1.82) is 0 Å². The molecule has 5 rings (SSSR count). The van der Waals surface area contributed by atoms with E-state index in [0.29, 0.717) is 23.8 Å². The molecular weight excluding hydrogens is 458 g/mol. The summed E-state index contributed by atoms with van der Waals surface area (Å²) in [6.45, 7) is 7.23. The summed E-state index contributed by atoms with van der Waals surface area (Å²) >= 11 is 5.85. The second-order valence-electron chi connectivity index (χ2n) is 9.01. The van der Waals surface area contributed by atoms with E-state index in [1.807, 2.05) is 54.3 Å².